The highest BCUT2D eigenvalue weighted by molar-refractivity contribution is 5.91. The number of carbonyl (C=O) groups is 1. The van der Waals surface area contributed by atoms with E-state index in [0.29, 0.717) is 31.4 Å². The van der Waals surface area contributed by atoms with Gasteiger partial charge < -0.3 is 19.6 Å². The number of carbonyl (C=O) groups excluding carboxylic acids is 1. The van der Waals surface area contributed by atoms with Crippen LogP contribution in [0, 0.1) is 17.8 Å². The minimum atomic E-state index is -0.273. The smallest absolute Gasteiger partial charge is 0.310 e. The van der Waals surface area contributed by atoms with Crippen LogP contribution in [-0.2, 0) is 29.1 Å². The minimum absolute atomic E-state index is 0.165. The van der Waals surface area contributed by atoms with Gasteiger partial charge >= 0.3 is 5.97 Å². The van der Waals surface area contributed by atoms with Crippen LogP contribution in [0.15, 0.2) is 71.3 Å². The molecule has 1 aliphatic rings. The van der Waals surface area contributed by atoms with Gasteiger partial charge in [0.05, 0.1) is 24.9 Å². The monoisotopic (exact) mass is 479 g/mol. The van der Waals surface area contributed by atoms with Gasteiger partial charge in [-0.15, -0.1) is 0 Å². The van der Waals surface area contributed by atoms with Gasteiger partial charge in [0, 0.05) is 29.0 Å². The maximum absolute atomic E-state index is 12.0. The Labute approximate surface area is 211 Å². The lowest BCUT2D eigenvalue weighted by molar-refractivity contribution is -0.142. The predicted molar refractivity (Wildman–Crippen MR) is 140 cm³/mol. The van der Waals surface area contributed by atoms with E-state index in [1.54, 1.807) is 13.2 Å². The molecule has 0 atom stereocenters. The van der Waals surface area contributed by atoms with Gasteiger partial charge in [0.2, 0.25) is 0 Å². The van der Waals surface area contributed by atoms with Gasteiger partial charge in [0.1, 0.15) is 17.9 Å². The Kier molecular flexibility index (Phi) is 7.06. The molecule has 1 saturated carbocycles. The van der Waals surface area contributed by atoms with Crippen molar-refractivity contribution in [3.05, 3.63) is 89.2 Å². The van der Waals surface area contributed by atoms with Crippen molar-refractivity contribution in [2.75, 3.05) is 6.61 Å². The minimum Gasteiger partial charge on any atom is -0.488 e. The number of benzene rings is 3. The van der Waals surface area contributed by atoms with Crippen LogP contribution in [0.2, 0.25) is 0 Å². The van der Waals surface area contributed by atoms with Crippen molar-refractivity contribution >= 4 is 16.9 Å². The SMILES string of the molecule is CCOC(=O)Cc1ccccc1OCc1coc2c(C#CC3CC3)cc(-c3cccc(CN)c3)cc12. The van der Waals surface area contributed by atoms with Crippen molar-refractivity contribution in [1.29, 1.82) is 0 Å². The number of fused-ring (bicyclic) bond motifs is 1. The second-order valence-electron chi connectivity index (χ2n) is 8.99. The lowest BCUT2D eigenvalue weighted by atomic mass is 9.98. The van der Waals surface area contributed by atoms with E-state index in [1.165, 1.54) is 0 Å². The summed E-state index contributed by atoms with van der Waals surface area (Å²) < 4.78 is 17.3. The van der Waals surface area contributed by atoms with Crippen LogP contribution in [0.1, 0.15) is 42.0 Å². The van der Waals surface area contributed by atoms with Crippen LogP contribution in [-0.4, -0.2) is 12.6 Å². The fourth-order valence-electron chi connectivity index (χ4n) is 4.16. The van der Waals surface area contributed by atoms with Crippen LogP contribution in [0.25, 0.3) is 22.1 Å². The summed E-state index contributed by atoms with van der Waals surface area (Å²) in [5, 5.41) is 0.966. The Balaban J connectivity index is 1.48. The summed E-state index contributed by atoms with van der Waals surface area (Å²) in [7, 11) is 0. The summed E-state index contributed by atoms with van der Waals surface area (Å²) in [6.07, 6.45) is 4.23. The van der Waals surface area contributed by atoms with Crippen molar-refractivity contribution in [1.82, 2.24) is 0 Å². The Morgan fingerprint density at radius 2 is 1.92 bits per heavy atom. The second kappa shape index (κ2) is 10.7. The second-order valence-corrected chi connectivity index (χ2v) is 8.99. The summed E-state index contributed by atoms with van der Waals surface area (Å²) in [5.74, 6) is 7.59. The summed E-state index contributed by atoms with van der Waals surface area (Å²) in [6.45, 7) is 2.94. The molecule has 0 aliphatic heterocycles. The molecule has 0 bridgehead atoms. The largest absolute Gasteiger partial charge is 0.488 e. The molecule has 2 N–H and O–H groups in total. The molecule has 0 unspecified atom stereocenters. The third-order valence-electron chi connectivity index (χ3n) is 6.23. The number of nitrogens with two attached hydrogens (primary N) is 1. The average Bonchev–Trinajstić information content (AvgIpc) is 3.64. The lowest BCUT2D eigenvalue weighted by Crippen LogP contribution is -2.09. The first-order valence-electron chi connectivity index (χ1n) is 12.4. The maximum Gasteiger partial charge on any atom is 0.310 e. The molecule has 0 spiro atoms. The molecule has 5 nitrogen and oxygen atoms in total. The van der Waals surface area contributed by atoms with E-state index in [4.69, 9.17) is 19.6 Å². The normalized spacial score (nSPS) is 12.7. The van der Waals surface area contributed by atoms with E-state index < -0.39 is 0 Å². The van der Waals surface area contributed by atoms with Gasteiger partial charge in [0.25, 0.3) is 0 Å². The maximum atomic E-state index is 12.0. The van der Waals surface area contributed by atoms with Gasteiger partial charge in [0.15, 0.2) is 0 Å². The Bertz CT molecular complexity index is 1450. The van der Waals surface area contributed by atoms with E-state index in [2.05, 4.69) is 36.1 Å². The molecule has 0 amide bonds. The average molecular weight is 480 g/mol. The molecule has 182 valence electrons. The zero-order valence-corrected chi connectivity index (χ0v) is 20.4. The zero-order chi connectivity index (χ0) is 24.9. The molecular weight excluding hydrogens is 450 g/mol. The number of hydrogen-bond donors (Lipinski definition) is 1. The summed E-state index contributed by atoms with van der Waals surface area (Å²) in [5.41, 5.74) is 12.5. The molecule has 1 aromatic heterocycles. The Morgan fingerprint density at radius 1 is 1.06 bits per heavy atom. The first kappa shape index (κ1) is 23.7. The summed E-state index contributed by atoms with van der Waals surface area (Å²) >= 11 is 0. The first-order chi connectivity index (χ1) is 17.6. The summed E-state index contributed by atoms with van der Waals surface area (Å²) in [6, 6.07) is 20.0. The van der Waals surface area contributed by atoms with E-state index in [1.807, 2.05) is 36.4 Å². The Hall–Kier alpha value is -4.01. The fraction of sp³-hybridized carbons (Fsp3) is 0.258. The van der Waals surface area contributed by atoms with Gasteiger partial charge in [-0.05, 0) is 60.7 Å². The molecule has 0 saturated heterocycles. The molecule has 0 radical (unpaired) electrons. The molecule has 1 heterocycles. The molecule has 5 rings (SSSR count). The van der Waals surface area contributed by atoms with E-state index in [-0.39, 0.29) is 12.4 Å². The molecule has 1 fully saturated rings. The third kappa shape index (κ3) is 5.45. The van der Waals surface area contributed by atoms with Crippen LogP contribution in [0.4, 0.5) is 0 Å². The van der Waals surface area contributed by atoms with Crippen LogP contribution in [0.3, 0.4) is 0 Å². The van der Waals surface area contributed by atoms with E-state index in [9.17, 15) is 4.79 Å². The summed E-state index contributed by atoms with van der Waals surface area (Å²) in [4.78, 5) is 12.0. The number of hydrogen-bond acceptors (Lipinski definition) is 5. The highest BCUT2D eigenvalue weighted by Gasteiger charge is 2.19. The molecule has 3 aromatic carbocycles. The lowest BCUT2D eigenvalue weighted by Gasteiger charge is -2.11. The standard InChI is InChI=1S/C31H29NO4/c1-2-34-30(33)17-24-7-3-4-9-29(24)35-19-27-20-36-31-25(13-12-21-10-11-21)15-26(16-28(27)31)23-8-5-6-22(14-23)18-32/h3-9,14-16,20-21H,2,10-11,17-19,32H2,1H3. The van der Waals surface area contributed by atoms with Gasteiger partial charge in [-0.25, -0.2) is 0 Å². The van der Waals surface area contributed by atoms with Gasteiger partial charge in [-0.2, -0.15) is 0 Å². The first-order valence-corrected chi connectivity index (χ1v) is 12.4. The number of para-hydroxylation sites is 1. The highest BCUT2D eigenvalue weighted by atomic mass is 16.5. The van der Waals surface area contributed by atoms with Gasteiger partial charge in [-0.1, -0.05) is 48.2 Å². The quantitative estimate of drug-likeness (QED) is 0.248. The Morgan fingerprint density at radius 3 is 2.72 bits per heavy atom. The van der Waals surface area contributed by atoms with E-state index in [0.717, 1.165) is 57.2 Å². The molecule has 36 heavy (non-hydrogen) atoms. The number of esters is 1. The molecule has 5 heteroatoms. The molecular formula is C31H29NO4. The van der Waals surface area contributed by atoms with E-state index >= 15 is 0 Å². The van der Waals surface area contributed by atoms with Crippen molar-refractivity contribution in [2.45, 2.75) is 39.3 Å². The molecule has 1 aliphatic carbocycles. The van der Waals surface area contributed by atoms with Crippen LogP contribution in [0.5, 0.6) is 5.75 Å². The zero-order valence-electron chi connectivity index (χ0n) is 20.4. The molecule has 4 aromatic rings. The van der Waals surface area contributed by atoms with Crippen LogP contribution >= 0.6 is 0 Å². The topological polar surface area (TPSA) is 74.7 Å². The third-order valence-corrected chi connectivity index (χ3v) is 6.23. The van der Waals surface area contributed by atoms with Gasteiger partial charge in [-0.3, -0.25) is 4.79 Å². The number of ether oxygens (including phenoxy) is 2. The van der Waals surface area contributed by atoms with Crippen molar-refractivity contribution in [3.8, 4) is 28.7 Å². The van der Waals surface area contributed by atoms with Crippen molar-refractivity contribution in [2.24, 2.45) is 11.7 Å². The fourth-order valence-corrected chi connectivity index (χ4v) is 4.16. The van der Waals surface area contributed by atoms with Crippen molar-refractivity contribution in [3.63, 3.8) is 0 Å². The number of furan rings is 1. The predicted octanol–water partition coefficient (Wildman–Crippen LogP) is 6.00. The van der Waals surface area contributed by atoms with Crippen molar-refractivity contribution < 1.29 is 18.7 Å². The van der Waals surface area contributed by atoms with Crippen LogP contribution < -0.4 is 10.5 Å². The number of rotatable bonds is 8. The highest BCUT2D eigenvalue weighted by Crippen LogP contribution is 2.33.